The van der Waals surface area contributed by atoms with Crippen molar-refractivity contribution in [1.29, 1.82) is 0 Å². The van der Waals surface area contributed by atoms with Gasteiger partial charge >= 0.3 is 0 Å². The number of hydrogen-bond acceptors (Lipinski definition) is 2. The SMILES string of the molecule is c1ccc(-n2cnc(COc3ccc4ccccc4c3)c2)cc1. The number of aromatic nitrogens is 2. The molecule has 23 heavy (non-hydrogen) atoms. The highest BCUT2D eigenvalue weighted by Gasteiger charge is 2.03. The molecule has 1 aromatic heterocycles. The summed E-state index contributed by atoms with van der Waals surface area (Å²) in [7, 11) is 0. The highest BCUT2D eigenvalue weighted by Crippen LogP contribution is 2.21. The Kier molecular flexibility index (Phi) is 3.53. The first-order valence-corrected chi connectivity index (χ1v) is 7.58. The first-order chi connectivity index (χ1) is 11.4. The number of benzene rings is 3. The minimum atomic E-state index is 0.457. The Morgan fingerprint density at radius 3 is 2.48 bits per heavy atom. The maximum absolute atomic E-state index is 5.87. The number of hydrogen-bond donors (Lipinski definition) is 0. The molecule has 0 unspecified atom stereocenters. The van der Waals surface area contributed by atoms with Gasteiger partial charge < -0.3 is 9.30 Å². The van der Waals surface area contributed by atoms with Gasteiger partial charge in [0.05, 0.1) is 12.0 Å². The molecule has 3 heteroatoms. The van der Waals surface area contributed by atoms with E-state index >= 15 is 0 Å². The van der Waals surface area contributed by atoms with Crippen LogP contribution in [0.2, 0.25) is 0 Å². The predicted octanol–water partition coefficient (Wildman–Crippen LogP) is 4.60. The molecule has 3 nitrogen and oxygen atoms in total. The van der Waals surface area contributed by atoms with Crippen LogP contribution in [-0.4, -0.2) is 9.55 Å². The molecule has 3 aromatic carbocycles. The highest BCUT2D eigenvalue weighted by molar-refractivity contribution is 5.83. The van der Waals surface area contributed by atoms with Crippen LogP contribution >= 0.6 is 0 Å². The monoisotopic (exact) mass is 300 g/mol. The maximum atomic E-state index is 5.87. The quantitative estimate of drug-likeness (QED) is 0.550. The Bertz CT molecular complexity index is 928. The van der Waals surface area contributed by atoms with Gasteiger partial charge in [-0.1, -0.05) is 48.5 Å². The summed E-state index contributed by atoms with van der Waals surface area (Å²) in [6.07, 6.45) is 3.81. The number of ether oxygens (including phenoxy) is 1. The van der Waals surface area contributed by atoms with Gasteiger partial charge in [0, 0.05) is 11.9 Å². The van der Waals surface area contributed by atoms with Crippen LogP contribution in [0.15, 0.2) is 85.3 Å². The lowest BCUT2D eigenvalue weighted by Crippen LogP contribution is -1.95. The number of nitrogens with zero attached hydrogens (tertiary/aromatic N) is 2. The van der Waals surface area contributed by atoms with E-state index in [0.29, 0.717) is 6.61 Å². The second kappa shape index (κ2) is 5.97. The normalized spacial score (nSPS) is 10.8. The van der Waals surface area contributed by atoms with Gasteiger partial charge in [0.25, 0.3) is 0 Å². The van der Waals surface area contributed by atoms with Crippen LogP contribution in [-0.2, 0) is 6.61 Å². The lowest BCUT2D eigenvalue weighted by Gasteiger charge is -2.05. The average Bonchev–Trinajstić information content (AvgIpc) is 3.10. The number of rotatable bonds is 4. The van der Waals surface area contributed by atoms with Gasteiger partial charge in [-0.3, -0.25) is 0 Å². The zero-order valence-electron chi connectivity index (χ0n) is 12.6. The van der Waals surface area contributed by atoms with E-state index in [2.05, 4.69) is 41.4 Å². The Morgan fingerprint density at radius 1 is 0.826 bits per heavy atom. The summed E-state index contributed by atoms with van der Waals surface area (Å²) in [6, 6.07) is 24.5. The summed E-state index contributed by atoms with van der Waals surface area (Å²) in [5, 5.41) is 2.40. The maximum Gasteiger partial charge on any atom is 0.132 e. The largest absolute Gasteiger partial charge is 0.487 e. The van der Waals surface area contributed by atoms with Crippen LogP contribution in [0.5, 0.6) is 5.75 Å². The van der Waals surface area contributed by atoms with E-state index in [1.807, 2.05) is 53.5 Å². The molecular formula is C20H16N2O. The summed E-state index contributed by atoms with van der Waals surface area (Å²) in [5.41, 5.74) is 2.00. The van der Waals surface area contributed by atoms with Crippen molar-refractivity contribution in [2.24, 2.45) is 0 Å². The van der Waals surface area contributed by atoms with Gasteiger partial charge in [-0.25, -0.2) is 4.98 Å². The van der Waals surface area contributed by atoms with Crippen LogP contribution in [0.1, 0.15) is 5.69 Å². The molecule has 0 aliphatic rings. The van der Waals surface area contributed by atoms with Gasteiger partial charge in [0.1, 0.15) is 12.4 Å². The van der Waals surface area contributed by atoms with E-state index < -0.39 is 0 Å². The molecule has 0 atom stereocenters. The topological polar surface area (TPSA) is 27.1 Å². The van der Waals surface area contributed by atoms with Gasteiger partial charge in [-0.15, -0.1) is 0 Å². The highest BCUT2D eigenvalue weighted by atomic mass is 16.5. The van der Waals surface area contributed by atoms with Gasteiger partial charge in [-0.05, 0) is 35.0 Å². The third-order valence-electron chi connectivity index (χ3n) is 3.80. The Labute approximate surface area is 134 Å². The van der Waals surface area contributed by atoms with E-state index in [1.165, 1.54) is 10.8 Å². The molecule has 112 valence electrons. The smallest absolute Gasteiger partial charge is 0.132 e. The number of fused-ring (bicyclic) bond motifs is 1. The van der Waals surface area contributed by atoms with Crippen molar-refractivity contribution < 1.29 is 4.74 Å². The van der Waals surface area contributed by atoms with Crippen LogP contribution in [0, 0.1) is 0 Å². The zero-order chi connectivity index (χ0) is 15.5. The summed E-state index contributed by atoms with van der Waals surface area (Å²) in [6.45, 7) is 0.457. The van der Waals surface area contributed by atoms with Crippen molar-refractivity contribution in [3.05, 3.63) is 91.0 Å². The second-order valence-corrected chi connectivity index (χ2v) is 5.41. The second-order valence-electron chi connectivity index (χ2n) is 5.41. The fourth-order valence-corrected chi connectivity index (χ4v) is 2.59. The first-order valence-electron chi connectivity index (χ1n) is 7.58. The predicted molar refractivity (Wildman–Crippen MR) is 91.8 cm³/mol. The van der Waals surface area contributed by atoms with Crippen LogP contribution in [0.3, 0.4) is 0 Å². The molecule has 0 aliphatic carbocycles. The molecule has 0 bridgehead atoms. The van der Waals surface area contributed by atoms with E-state index in [-0.39, 0.29) is 0 Å². The first kappa shape index (κ1) is 13.6. The van der Waals surface area contributed by atoms with Crippen molar-refractivity contribution >= 4 is 10.8 Å². The molecule has 0 saturated carbocycles. The van der Waals surface area contributed by atoms with Crippen molar-refractivity contribution in [2.45, 2.75) is 6.61 Å². The third-order valence-corrected chi connectivity index (χ3v) is 3.80. The molecular weight excluding hydrogens is 284 g/mol. The molecule has 1 heterocycles. The fraction of sp³-hybridized carbons (Fsp3) is 0.0500. The van der Waals surface area contributed by atoms with E-state index in [1.54, 1.807) is 0 Å². The molecule has 4 aromatic rings. The lowest BCUT2D eigenvalue weighted by molar-refractivity contribution is 0.302. The molecule has 0 fully saturated rings. The fourth-order valence-electron chi connectivity index (χ4n) is 2.59. The van der Waals surface area contributed by atoms with Gasteiger partial charge in [0.2, 0.25) is 0 Å². The summed E-state index contributed by atoms with van der Waals surface area (Å²) < 4.78 is 7.87. The summed E-state index contributed by atoms with van der Waals surface area (Å²) >= 11 is 0. The minimum Gasteiger partial charge on any atom is -0.487 e. The molecule has 0 saturated heterocycles. The van der Waals surface area contributed by atoms with Gasteiger partial charge in [-0.2, -0.15) is 0 Å². The Balaban J connectivity index is 1.49. The molecule has 0 radical (unpaired) electrons. The number of imidazole rings is 1. The van der Waals surface area contributed by atoms with E-state index in [0.717, 1.165) is 17.1 Å². The Hall–Kier alpha value is -3.07. The number of para-hydroxylation sites is 1. The van der Waals surface area contributed by atoms with Crippen molar-refractivity contribution in [1.82, 2.24) is 9.55 Å². The minimum absolute atomic E-state index is 0.457. The van der Waals surface area contributed by atoms with Crippen molar-refractivity contribution in [2.75, 3.05) is 0 Å². The molecule has 0 amide bonds. The molecule has 0 N–H and O–H groups in total. The summed E-state index contributed by atoms with van der Waals surface area (Å²) in [5.74, 6) is 0.859. The molecule has 0 spiro atoms. The standard InChI is InChI=1S/C20H16N2O/c1-2-8-19(9-3-1)22-13-18(21-15-22)14-23-20-11-10-16-6-4-5-7-17(16)12-20/h1-13,15H,14H2. The van der Waals surface area contributed by atoms with Crippen LogP contribution < -0.4 is 4.74 Å². The molecule has 0 aliphatic heterocycles. The van der Waals surface area contributed by atoms with Crippen LogP contribution in [0.4, 0.5) is 0 Å². The van der Waals surface area contributed by atoms with Crippen LogP contribution in [0.25, 0.3) is 16.5 Å². The van der Waals surface area contributed by atoms with Crippen molar-refractivity contribution in [3.8, 4) is 11.4 Å². The van der Waals surface area contributed by atoms with Gasteiger partial charge in [0.15, 0.2) is 0 Å². The van der Waals surface area contributed by atoms with E-state index in [9.17, 15) is 0 Å². The summed E-state index contributed by atoms with van der Waals surface area (Å²) in [4.78, 5) is 4.41. The van der Waals surface area contributed by atoms with E-state index in [4.69, 9.17) is 4.74 Å². The third kappa shape index (κ3) is 2.94. The molecule has 4 rings (SSSR count). The Morgan fingerprint density at radius 2 is 1.61 bits per heavy atom. The average molecular weight is 300 g/mol. The lowest BCUT2D eigenvalue weighted by atomic mass is 10.1. The van der Waals surface area contributed by atoms with Crippen molar-refractivity contribution in [3.63, 3.8) is 0 Å². The zero-order valence-corrected chi connectivity index (χ0v) is 12.6.